The minimum atomic E-state index is 0.612. The van der Waals surface area contributed by atoms with Crippen LogP contribution in [-0.2, 0) is 4.84 Å². The van der Waals surface area contributed by atoms with Crippen LogP contribution in [0.1, 0.15) is 12.8 Å². The fraction of sp³-hybridized carbons (Fsp3) is 0.333. The van der Waals surface area contributed by atoms with Gasteiger partial charge in [0.25, 0.3) is 0 Å². The van der Waals surface area contributed by atoms with Gasteiger partial charge < -0.3 is 10.6 Å². The van der Waals surface area contributed by atoms with Crippen molar-refractivity contribution >= 4 is 5.71 Å². The van der Waals surface area contributed by atoms with Crippen molar-refractivity contribution in [2.45, 2.75) is 12.8 Å². The number of nitrogens with two attached hydrogens (primary N) is 1. The molecule has 0 amide bonds. The van der Waals surface area contributed by atoms with Crippen LogP contribution in [0.2, 0.25) is 0 Å². The molecule has 9 heavy (non-hydrogen) atoms. The van der Waals surface area contributed by atoms with E-state index in [0.29, 0.717) is 18.5 Å². The molecule has 0 saturated carbocycles. The van der Waals surface area contributed by atoms with Gasteiger partial charge in [-0.1, -0.05) is 11.7 Å². The van der Waals surface area contributed by atoms with E-state index in [2.05, 4.69) is 23.2 Å². The molecule has 0 fully saturated rings. The Morgan fingerprint density at radius 3 is 3.22 bits per heavy atom. The van der Waals surface area contributed by atoms with Crippen molar-refractivity contribution in [2.24, 2.45) is 10.9 Å². The topological polar surface area (TPSA) is 47.6 Å². The molecule has 0 aromatic rings. The lowest BCUT2D eigenvalue weighted by atomic mass is 10.2. The zero-order chi connectivity index (χ0) is 6.69. The quantitative estimate of drug-likeness (QED) is 0.588. The molecule has 1 heterocycles. The van der Waals surface area contributed by atoms with Gasteiger partial charge >= 0.3 is 0 Å². The molecule has 0 atom stereocenters. The van der Waals surface area contributed by atoms with Crippen LogP contribution in [0, 0.1) is 6.61 Å². The predicted molar refractivity (Wildman–Crippen MR) is 34.3 cm³/mol. The summed E-state index contributed by atoms with van der Waals surface area (Å²) in [5.41, 5.74) is 6.82. The van der Waals surface area contributed by atoms with Crippen LogP contribution < -0.4 is 5.73 Å². The maximum atomic E-state index is 5.31. The van der Waals surface area contributed by atoms with Crippen molar-refractivity contribution in [3.8, 4) is 0 Å². The van der Waals surface area contributed by atoms with Gasteiger partial charge in [-0.3, -0.25) is 0 Å². The normalized spacial score (nSPS) is 16.7. The van der Waals surface area contributed by atoms with Gasteiger partial charge in [-0.15, -0.1) is 0 Å². The highest BCUT2D eigenvalue weighted by atomic mass is 16.6. The lowest BCUT2D eigenvalue weighted by Gasteiger charge is -1.93. The van der Waals surface area contributed by atoms with Crippen molar-refractivity contribution < 1.29 is 4.84 Å². The number of hydrogen-bond donors (Lipinski definition) is 1. The van der Waals surface area contributed by atoms with Gasteiger partial charge in [0.1, 0.15) is 0 Å². The van der Waals surface area contributed by atoms with Gasteiger partial charge in [0.2, 0.25) is 6.61 Å². The number of allylic oxidation sites excluding steroid dienone is 1. The molecule has 1 aliphatic heterocycles. The van der Waals surface area contributed by atoms with Crippen LogP contribution in [-0.4, -0.2) is 5.71 Å². The van der Waals surface area contributed by atoms with Crippen molar-refractivity contribution in [1.82, 2.24) is 0 Å². The standard InChI is InChI=1S/C6H8N2O/c1-5(7)4-6-2-3-9-8-6/h1-2,4,7H2. The summed E-state index contributed by atoms with van der Waals surface area (Å²) in [7, 11) is 0. The third-order valence-corrected chi connectivity index (χ3v) is 0.947. The molecular weight excluding hydrogens is 116 g/mol. The van der Waals surface area contributed by atoms with Crippen molar-refractivity contribution in [2.75, 3.05) is 0 Å². The maximum absolute atomic E-state index is 5.31. The van der Waals surface area contributed by atoms with Gasteiger partial charge in [0.15, 0.2) is 0 Å². The zero-order valence-electron chi connectivity index (χ0n) is 5.05. The van der Waals surface area contributed by atoms with Crippen LogP contribution in [0.3, 0.4) is 0 Å². The summed E-state index contributed by atoms with van der Waals surface area (Å²) in [6.07, 6.45) is 1.27. The first-order chi connectivity index (χ1) is 4.29. The fourth-order valence-electron chi connectivity index (χ4n) is 0.602. The van der Waals surface area contributed by atoms with Crippen LogP contribution >= 0.6 is 0 Å². The molecule has 0 aromatic carbocycles. The average molecular weight is 124 g/mol. The Bertz CT molecular complexity index is 151. The number of hydrogen-bond acceptors (Lipinski definition) is 3. The molecule has 3 heteroatoms. The summed E-state index contributed by atoms with van der Waals surface area (Å²) in [5.74, 6) is 0. The van der Waals surface area contributed by atoms with Gasteiger partial charge in [-0.05, 0) is 0 Å². The lowest BCUT2D eigenvalue weighted by Crippen LogP contribution is -2.01. The minimum absolute atomic E-state index is 0.612. The first kappa shape index (κ1) is 6.13. The molecule has 0 unspecified atom stereocenters. The molecular formula is C6H8N2O. The van der Waals surface area contributed by atoms with E-state index in [0.717, 1.165) is 5.71 Å². The molecule has 1 aliphatic rings. The highest BCUT2D eigenvalue weighted by Crippen LogP contribution is 2.08. The van der Waals surface area contributed by atoms with Crippen molar-refractivity contribution in [3.05, 3.63) is 18.9 Å². The average Bonchev–Trinajstić information content (AvgIpc) is 2.15. The van der Waals surface area contributed by atoms with E-state index in [9.17, 15) is 0 Å². The highest BCUT2D eigenvalue weighted by molar-refractivity contribution is 5.87. The van der Waals surface area contributed by atoms with E-state index in [1.165, 1.54) is 0 Å². The molecule has 0 bridgehead atoms. The fourth-order valence-corrected chi connectivity index (χ4v) is 0.602. The predicted octanol–water partition coefficient (Wildman–Crippen LogP) is 0.664. The molecule has 2 radical (unpaired) electrons. The van der Waals surface area contributed by atoms with Crippen LogP contribution in [0.25, 0.3) is 0 Å². The SMILES string of the molecule is C=C(N)CC1=NO[C]C1. The second-order valence-corrected chi connectivity index (χ2v) is 1.90. The Kier molecular flexibility index (Phi) is 1.72. The number of rotatable bonds is 2. The number of oxime groups is 1. The molecule has 2 N–H and O–H groups in total. The molecule has 0 saturated heterocycles. The lowest BCUT2D eigenvalue weighted by molar-refractivity contribution is 0.234. The smallest absolute Gasteiger partial charge is 0.235 e. The Labute approximate surface area is 54.2 Å². The van der Waals surface area contributed by atoms with Crippen LogP contribution in [0.5, 0.6) is 0 Å². The molecule has 48 valence electrons. The van der Waals surface area contributed by atoms with Gasteiger partial charge in [0.05, 0.1) is 5.71 Å². The van der Waals surface area contributed by atoms with Crippen molar-refractivity contribution in [3.63, 3.8) is 0 Å². The van der Waals surface area contributed by atoms with E-state index in [4.69, 9.17) is 5.73 Å². The monoisotopic (exact) mass is 124 g/mol. The van der Waals surface area contributed by atoms with E-state index in [1.807, 2.05) is 0 Å². The second-order valence-electron chi connectivity index (χ2n) is 1.90. The largest absolute Gasteiger partial charge is 0.402 e. The van der Waals surface area contributed by atoms with Gasteiger partial charge in [0, 0.05) is 18.5 Å². The summed E-state index contributed by atoms with van der Waals surface area (Å²) in [6, 6.07) is 0. The van der Waals surface area contributed by atoms with E-state index in [1.54, 1.807) is 0 Å². The number of nitrogens with zero attached hydrogens (tertiary/aromatic N) is 1. The Morgan fingerprint density at radius 2 is 2.78 bits per heavy atom. The molecule has 1 rings (SSSR count). The Balaban J connectivity index is 2.35. The molecule has 0 spiro atoms. The summed E-state index contributed by atoms with van der Waals surface area (Å²) in [4.78, 5) is 4.50. The van der Waals surface area contributed by atoms with E-state index >= 15 is 0 Å². The molecule has 0 aliphatic carbocycles. The first-order valence-corrected chi connectivity index (χ1v) is 2.67. The Hall–Kier alpha value is -0.990. The molecule has 0 aromatic heterocycles. The van der Waals surface area contributed by atoms with Gasteiger partial charge in [-0.25, -0.2) is 0 Å². The second kappa shape index (κ2) is 2.53. The summed E-state index contributed by atoms with van der Waals surface area (Å²) in [5, 5.41) is 3.64. The summed E-state index contributed by atoms with van der Waals surface area (Å²) >= 11 is 0. The summed E-state index contributed by atoms with van der Waals surface area (Å²) in [6.45, 7) is 6.11. The van der Waals surface area contributed by atoms with E-state index in [-0.39, 0.29) is 0 Å². The summed E-state index contributed by atoms with van der Waals surface area (Å²) < 4.78 is 0. The minimum Gasteiger partial charge on any atom is -0.402 e. The van der Waals surface area contributed by atoms with Crippen LogP contribution in [0.4, 0.5) is 0 Å². The molecule has 3 nitrogen and oxygen atoms in total. The third kappa shape index (κ3) is 1.76. The van der Waals surface area contributed by atoms with Crippen LogP contribution in [0.15, 0.2) is 17.4 Å². The zero-order valence-corrected chi connectivity index (χ0v) is 5.05. The first-order valence-electron chi connectivity index (χ1n) is 2.67. The Morgan fingerprint density at radius 1 is 2.00 bits per heavy atom. The van der Waals surface area contributed by atoms with Crippen molar-refractivity contribution in [1.29, 1.82) is 0 Å². The van der Waals surface area contributed by atoms with E-state index < -0.39 is 0 Å². The van der Waals surface area contributed by atoms with Gasteiger partial charge in [-0.2, -0.15) is 0 Å². The third-order valence-electron chi connectivity index (χ3n) is 0.947. The maximum Gasteiger partial charge on any atom is 0.235 e. The highest BCUT2D eigenvalue weighted by Gasteiger charge is 2.08.